The van der Waals surface area contributed by atoms with Gasteiger partial charge >= 0.3 is 5.97 Å². The van der Waals surface area contributed by atoms with Crippen molar-refractivity contribution in [2.45, 2.75) is 18.4 Å². The quantitative estimate of drug-likeness (QED) is 0.870. The third kappa shape index (κ3) is 1.10. The van der Waals surface area contributed by atoms with E-state index in [-0.39, 0.29) is 0 Å². The summed E-state index contributed by atoms with van der Waals surface area (Å²) in [7, 11) is 0. The molecule has 0 aliphatic heterocycles. The molecular formula is C11H9ClN2O2. The van der Waals surface area contributed by atoms with Crippen molar-refractivity contribution in [2.24, 2.45) is 0 Å². The summed E-state index contributed by atoms with van der Waals surface area (Å²) in [5, 5.41) is 10.6. The Bertz CT molecular complexity index is 587. The van der Waals surface area contributed by atoms with Crippen molar-refractivity contribution in [3.8, 4) is 0 Å². The zero-order valence-corrected chi connectivity index (χ0v) is 9.11. The van der Waals surface area contributed by atoms with Gasteiger partial charge < -0.3 is 9.67 Å². The summed E-state index contributed by atoms with van der Waals surface area (Å²) in [5.41, 5.74) is -0.146. The molecule has 1 aliphatic carbocycles. The summed E-state index contributed by atoms with van der Waals surface area (Å²) in [6, 6.07) is 3.52. The van der Waals surface area contributed by atoms with Gasteiger partial charge in [-0.15, -0.1) is 0 Å². The number of nitrogens with zero attached hydrogens (tertiary/aromatic N) is 2. The predicted molar refractivity (Wildman–Crippen MR) is 59.6 cm³/mol. The number of rotatable bonds is 2. The third-order valence-corrected chi connectivity index (χ3v) is 3.45. The van der Waals surface area contributed by atoms with Gasteiger partial charge in [-0.25, -0.2) is 9.78 Å². The lowest BCUT2D eigenvalue weighted by molar-refractivity contribution is -0.142. The van der Waals surface area contributed by atoms with Crippen molar-refractivity contribution in [1.82, 2.24) is 9.55 Å². The van der Waals surface area contributed by atoms with Gasteiger partial charge in [0.15, 0.2) is 0 Å². The van der Waals surface area contributed by atoms with Crippen LogP contribution in [-0.2, 0) is 10.3 Å². The van der Waals surface area contributed by atoms with E-state index >= 15 is 0 Å². The Morgan fingerprint density at radius 1 is 1.50 bits per heavy atom. The highest BCUT2D eigenvalue weighted by molar-refractivity contribution is 6.35. The van der Waals surface area contributed by atoms with Gasteiger partial charge in [0.1, 0.15) is 11.2 Å². The molecular weight excluding hydrogens is 228 g/mol. The molecule has 1 N–H and O–H groups in total. The highest BCUT2D eigenvalue weighted by atomic mass is 35.5. The predicted octanol–water partition coefficient (Wildman–Crippen LogP) is 2.26. The lowest BCUT2D eigenvalue weighted by Gasteiger charge is -2.12. The highest BCUT2D eigenvalue weighted by Crippen LogP contribution is 2.45. The van der Waals surface area contributed by atoms with Crippen molar-refractivity contribution < 1.29 is 9.90 Å². The fourth-order valence-electron chi connectivity index (χ4n) is 2.03. The zero-order chi connectivity index (χ0) is 11.3. The topological polar surface area (TPSA) is 55.1 Å². The molecule has 1 fully saturated rings. The number of aliphatic carboxylic acids is 1. The van der Waals surface area contributed by atoms with Gasteiger partial charge in [0.25, 0.3) is 0 Å². The minimum absolute atomic E-state index is 0.602. The Labute approximate surface area is 96.5 Å². The minimum atomic E-state index is -0.799. The first kappa shape index (κ1) is 9.66. The maximum absolute atomic E-state index is 11.2. The molecule has 2 aromatic rings. The van der Waals surface area contributed by atoms with Crippen LogP contribution in [0.1, 0.15) is 12.8 Å². The van der Waals surface area contributed by atoms with Crippen molar-refractivity contribution in [1.29, 1.82) is 0 Å². The average molecular weight is 237 g/mol. The van der Waals surface area contributed by atoms with Gasteiger partial charge in [-0.1, -0.05) is 11.6 Å². The van der Waals surface area contributed by atoms with E-state index in [1.54, 1.807) is 23.0 Å². The van der Waals surface area contributed by atoms with Crippen LogP contribution in [-0.4, -0.2) is 20.6 Å². The van der Waals surface area contributed by atoms with Gasteiger partial charge in [0.2, 0.25) is 0 Å². The number of carbonyl (C=O) groups is 1. The maximum atomic E-state index is 11.2. The highest BCUT2D eigenvalue weighted by Gasteiger charge is 2.52. The Hall–Kier alpha value is -1.55. The van der Waals surface area contributed by atoms with Crippen LogP contribution in [0.4, 0.5) is 0 Å². The molecule has 0 atom stereocenters. The first-order chi connectivity index (χ1) is 7.65. The zero-order valence-electron chi connectivity index (χ0n) is 8.35. The van der Waals surface area contributed by atoms with Crippen LogP contribution in [0.3, 0.4) is 0 Å². The lowest BCUT2D eigenvalue weighted by atomic mass is 10.2. The van der Waals surface area contributed by atoms with Crippen LogP contribution >= 0.6 is 11.6 Å². The van der Waals surface area contributed by atoms with Gasteiger partial charge in [-0.2, -0.15) is 0 Å². The van der Waals surface area contributed by atoms with Crippen LogP contribution in [0.5, 0.6) is 0 Å². The molecule has 5 heteroatoms. The molecule has 0 saturated heterocycles. The van der Waals surface area contributed by atoms with Crippen LogP contribution in [0, 0.1) is 0 Å². The number of pyridine rings is 1. The molecule has 2 aromatic heterocycles. The molecule has 0 spiro atoms. The summed E-state index contributed by atoms with van der Waals surface area (Å²) in [4.78, 5) is 15.4. The number of halogens is 1. The minimum Gasteiger partial charge on any atom is -0.479 e. The standard InChI is InChI=1S/C11H9ClN2O2/c12-8-1-5-13-9-7(8)2-6-14(9)11(3-4-11)10(15)16/h1-2,5-6H,3-4H2,(H,15,16). The number of aromatic nitrogens is 2. The molecule has 2 heterocycles. The summed E-state index contributed by atoms with van der Waals surface area (Å²) in [5.74, 6) is -0.799. The average Bonchev–Trinajstić information content (AvgIpc) is 2.94. The van der Waals surface area contributed by atoms with E-state index in [9.17, 15) is 9.90 Å². The van der Waals surface area contributed by atoms with Crippen molar-refractivity contribution in [3.63, 3.8) is 0 Å². The second-order valence-electron chi connectivity index (χ2n) is 4.05. The monoisotopic (exact) mass is 236 g/mol. The number of carboxylic acid groups (broad SMARTS) is 1. The summed E-state index contributed by atoms with van der Waals surface area (Å²) in [6.45, 7) is 0. The molecule has 1 aliphatic rings. The van der Waals surface area contributed by atoms with E-state index in [4.69, 9.17) is 11.6 Å². The Kier molecular flexibility index (Phi) is 1.80. The molecule has 3 rings (SSSR count). The van der Waals surface area contributed by atoms with Crippen LogP contribution in [0.15, 0.2) is 24.5 Å². The SMILES string of the molecule is O=C(O)C1(n2ccc3c(Cl)ccnc32)CC1. The molecule has 0 radical (unpaired) electrons. The van der Waals surface area contributed by atoms with Gasteiger partial charge in [-0.3, -0.25) is 0 Å². The number of hydrogen-bond acceptors (Lipinski definition) is 2. The van der Waals surface area contributed by atoms with E-state index in [2.05, 4.69) is 4.98 Å². The number of carboxylic acids is 1. The van der Waals surface area contributed by atoms with Gasteiger partial charge in [0.05, 0.1) is 5.02 Å². The molecule has 4 nitrogen and oxygen atoms in total. The van der Waals surface area contributed by atoms with Crippen LogP contribution in [0.2, 0.25) is 5.02 Å². The first-order valence-electron chi connectivity index (χ1n) is 5.01. The van der Waals surface area contributed by atoms with E-state index < -0.39 is 11.5 Å². The Balaban J connectivity index is 2.26. The molecule has 0 aromatic carbocycles. The van der Waals surface area contributed by atoms with Gasteiger partial charge in [-0.05, 0) is 25.0 Å². The lowest BCUT2D eigenvalue weighted by Crippen LogP contribution is -2.26. The van der Waals surface area contributed by atoms with Crippen molar-refractivity contribution >= 4 is 28.6 Å². The molecule has 82 valence electrons. The van der Waals surface area contributed by atoms with Crippen molar-refractivity contribution in [3.05, 3.63) is 29.5 Å². The van der Waals surface area contributed by atoms with E-state index in [0.29, 0.717) is 23.5 Å². The molecule has 0 bridgehead atoms. The normalized spacial score (nSPS) is 17.6. The smallest absolute Gasteiger partial charge is 0.329 e. The van der Waals surface area contributed by atoms with Crippen molar-refractivity contribution in [2.75, 3.05) is 0 Å². The fourth-order valence-corrected chi connectivity index (χ4v) is 2.23. The molecule has 16 heavy (non-hydrogen) atoms. The number of hydrogen-bond donors (Lipinski definition) is 1. The second-order valence-corrected chi connectivity index (χ2v) is 4.46. The van der Waals surface area contributed by atoms with Crippen LogP contribution < -0.4 is 0 Å². The molecule has 1 saturated carbocycles. The molecule has 0 amide bonds. The number of fused-ring (bicyclic) bond motifs is 1. The molecule has 0 unspecified atom stereocenters. The maximum Gasteiger partial charge on any atom is 0.329 e. The van der Waals surface area contributed by atoms with E-state index in [1.807, 2.05) is 6.07 Å². The second kappa shape index (κ2) is 2.98. The van der Waals surface area contributed by atoms with E-state index in [0.717, 1.165) is 5.39 Å². The fraction of sp³-hybridized carbons (Fsp3) is 0.273. The van der Waals surface area contributed by atoms with Gasteiger partial charge in [0, 0.05) is 17.8 Å². The summed E-state index contributed by atoms with van der Waals surface area (Å²) in [6.07, 6.45) is 4.66. The first-order valence-corrected chi connectivity index (χ1v) is 5.38. The summed E-state index contributed by atoms with van der Waals surface area (Å²) >= 11 is 6.02. The van der Waals surface area contributed by atoms with E-state index in [1.165, 1.54) is 0 Å². The largest absolute Gasteiger partial charge is 0.479 e. The van der Waals surface area contributed by atoms with Crippen LogP contribution in [0.25, 0.3) is 11.0 Å². The summed E-state index contributed by atoms with van der Waals surface area (Å²) < 4.78 is 1.72. The Morgan fingerprint density at radius 2 is 2.25 bits per heavy atom. The third-order valence-electron chi connectivity index (χ3n) is 3.12. The Morgan fingerprint density at radius 3 is 2.88 bits per heavy atom.